The molecule has 0 bridgehead atoms. The summed E-state index contributed by atoms with van der Waals surface area (Å²) in [5.74, 6) is 0.706. The summed E-state index contributed by atoms with van der Waals surface area (Å²) in [5, 5.41) is 0.350. The van der Waals surface area contributed by atoms with Gasteiger partial charge in [0.1, 0.15) is 5.41 Å². The molecule has 5 nitrogen and oxygen atoms in total. The Hall–Kier alpha value is -1.29. The van der Waals surface area contributed by atoms with E-state index in [0.29, 0.717) is 11.8 Å². The Bertz CT molecular complexity index is 1210. The van der Waals surface area contributed by atoms with Gasteiger partial charge in [-0.2, -0.15) is 0 Å². The summed E-state index contributed by atoms with van der Waals surface area (Å²) in [6.45, 7) is 33.7. The summed E-state index contributed by atoms with van der Waals surface area (Å²) in [5.41, 5.74) is 2.12. The fourth-order valence-electron chi connectivity index (χ4n) is 7.99. The third-order valence-electron chi connectivity index (χ3n) is 13.2. The van der Waals surface area contributed by atoms with Crippen molar-refractivity contribution in [3.8, 4) is 0 Å². The van der Waals surface area contributed by atoms with Crippen LogP contribution in [0.15, 0.2) is 35.5 Å². The molecule has 7 heteroatoms. The standard InChI is InChI=1S/C41H72O5Si2/c1-16-44-37(43)40(9,10)36(42)24-19-29(2)34-22-23-35-31(18-17-25-41(34,35)11)21-20-30-26-32(45-47(12,13)38(3,4)5)28-33(27-30)46-48(14,15)39(6,7)8/h19-21,24,29,32-35H,16-18,22-23,25-28H2,1-15H3/t29-,32-,33-,34-,35+,41-/m1/s1. The number of fused-ring (bicyclic) bond motifs is 1. The molecule has 3 rings (SSSR count). The van der Waals surface area contributed by atoms with Crippen LogP contribution >= 0.6 is 0 Å². The second-order valence-electron chi connectivity index (χ2n) is 19.2. The largest absolute Gasteiger partial charge is 0.465 e. The summed E-state index contributed by atoms with van der Waals surface area (Å²) >= 11 is 0. The normalized spacial score (nSPS) is 29.2. The van der Waals surface area contributed by atoms with Crippen LogP contribution in [0, 0.1) is 28.6 Å². The van der Waals surface area contributed by atoms with Crippen molar-refractivity contribution in [2.24, 2.45) is 28.6 Å². The Kier molecular flexibility index (Phi) is 13.0. The first-order valence-corrected chi connectivity index (χ1v) is 24.8. The van der Waals surface area contributed by atoms with Gasteiger partial charge in [0.2, 0.25) is 0 Å². The number of carbonyl (C=O) groups excluding carboxylic acids is 2. The zero-order valence-corrected chi connectivity index (χ0v) is 35.6. The van der Waals surface area contributed by atoms with E-state index in [4.69, 9.17) is 13.6 Å². The molecule has 274 valence electrons. The predicted octanol–water partition coefficient (Wildman–Crippen LogP) is 11.4. The number of carbonyl (C=O) groups is 2. The fourth-order valence-corrected chi connectivity index (χ4v) is 10.7. The van der Waals surface area contributed by atoms with E-state index in [1.54, 1.807) is 32.4 Å². The van der Waals surface area contributed by atoms with Gasteiger partial charge in [-0.25, -0.2) is 0 Å². The molecule has 0 aromatic rings. The molecule has 3 saturated carbocycles. The monoisotopic (exact) mass is 700 g/mol. The van der Waals surface area contributed by atoms with E-state index in [0.717, 1.165) is 19.3 Å². The van der Waals surface area contributed by atoms with Crippen LogP contribution in [0.5, 0.6) is 0 Å². The highest BCUT2D eigenvalue weighted by Crippen LogP contribution is 2.59. The van der Waals surface area contributed by atoms with Gasteiger partial charge in [0.05, 0.1) is 18.8 Å². The molecule has 0 amide bonds. The Labute approximate surface area is 297 Å². The smallest absolute Gasteiger partial charge is 0.319 e. The third-order valence-corrected chi connectivity index (χ3v) is 22.3. The highest BCUT2D eigenvalue weighted by Gasteiger charge is 2.50. The van der Waals surface area contributed by atoms with Gasteiger partial charge in [0.25, 0.3) is 0 Å². The summed E-state index contributed by atoms with van der Waals surface area (Å²) < 4.78 is 19.3. The molecule has 0 aromatic carbocycles. The Morgan fingerprint density at radius 2 is 1.44 bits per heavy atom. The van der Waals surface area contributed by atoms with Gasteiger partial charge in [0.15, 0.2) is 22.4 Å². The topological polar surface area (TPSA) is 61.8 Å². The minimum Gasteiger partial charge on any atom is -0.465 e. The lowest BCUT2D eigenvalue weighted by Gasteiger charge is -2.45. The highest BCUT2D eigenvalue weighted by atomic mass is 28.4. The number of rotatable bonds is 11. The van der Waals surface area contributed by atoms with Gasteiger partial charge in [-0.1, -0.05) is 84.8 Å². The molecule has 0 N–H and O–H groups in total. The van der Waals surface area contributed by atoms with Crippen LogP contribution in [0.25, 0.3) is 0 Å². The summed E-state index contributed by atoms with van der Waals surface area (Å²) in [6.07, 6.45) is 18.0. The first-order valence-electron chi connectivity index (χ1n) is 19.0. The van der Waals surface area contributed by atoms with Gasteiger partial charge >= 0.3 is 5.97 Å². The molecule has 0 radical (unpaired) electrons. The van der Waals surface area contributed by atoms with Crippen LogP contribution in [-0.4, -0.2) is 47.2 Å². The van der Waals surface area contributed by atoms with Crippen molar-refractivity contribution in [1.29, 1.82) is 0 Å². The van der Waals surface area contributed by atoms with Crippen molar-refractivity contribution in [3.63, 3.8) is 0 Å². The molecule has 0 spiro atoms. The summed E-state index contributed by atoms with van der Waals surface area (Å²) in [7, 11) is -3.84. The van der Waals surface area contributed by atoms with Crippen molar-refractivity contribution in [1.82, 2.24) is 0 Å². The number of ketones is 1. The minimum absolute atomic E-state index is 0.175. The van der Waals surface area contributed by atoms with E-state index in [1.807, 2.05) is 0 Å². The highest BCUT2D eigenvalue weighted by molar-refractivity contribution is 6.74. The van der Waals surface area contributed by atoms with E-state index < -0.39 is 28.0 Å². The van der Waals surface area contributed by atoms with Gasteiger partial charge in [0, 0.05) is 0 Å². The quantitative estimate of drug-likeness (QED) is 0.0929. The summed E-state index contributed by atoms with van der Waals surface area (Å²) in [6, 6.07) is 0. The number of ether oxygens (including phenoxy) is 1. The van der Waals surface area contributed by atoms with Crippen molar-refractivity contribution >= 4 is 28.4 Å². The third kappa shape index (κ3) is 9.33. The van der Waals surface area contributed by atoms with Crippen molar-refractivity contribution in [2.45, 2.75) is 176 Å². The second-order valence-corrected chi connectivity index (χ2v) is 28.7. The van der Waals surface area contributed by atoms with Crippen LogP contribution in [0.3, 0.4) is 0 Å². The predicted molar refractivity (Wildman–Crippen MR) is 206 cm³/mol. The van der Waals surface area contributed by atoms with E-state index in [1.165, 1.54) is 37.7 Å². The van der Waals surface area contributed by atoms with Crippen LogP contribution in [-0.2, 0) is 23.2 Å². The number of hydrogen-bond acceptors (Lipinski definition) is 5. The maximum absolute atomic E-state index is 13.0. The molecule has 3 aliphatic carbocycles. The average Bonchev–Trinajstić information content (AvgIpc) is 3.30. The van der Waals surface area contributed by atoms with Gasteiger partial charge in [-0.15, -0.1) is 0 Å². The first-order chi connectivity index (χ1) is 21.9. The Morgan fingerprint density at radius 1 is 0.896 bits per heavy atom. The Morgan fingerprint density at radius 3 is 1.94 bits per heavy atom. The lowest BCUT2D eigenvalue weighted by atomic mass is 9.61. The number of hydrogen-bond donors (Lipinski definition) is 0. The van der Waals surface area contributed by atoms with E-state index in [-0.39, 0.29) is 46.0 Å². The lowest BCUT2D eigenvalue weighted by molar-refractivity contribution is -0.156. The number of esters is 1. The molecular weight excluding hydrogens is 629 g/mol. The van der Waals surface area contributed by atoms with Crippen LogP contribution in [0.2, 0.25) is 36.3 Å². The molecule has 6 atom stereocenters. The molecular formula is C41H72O5Si2. The maximum atomic E-state index is 13.0. The summed E-state index contributed by atoms with van der Waals surface area (Å²) in [4.78, 5) is 25.4. The molecule has 0 unspecified atom stereocenters. The second kappa shape index (κ2) is 15.1. The van der Waals surface area contributed by atoms with Gasteiger partial charge < -0.3 is 13.6 Å². The maximum Gasteiger partial charge on any atom is 0.319 e. The molecule has 0 saturated heterocycles. The van der Waals surface area contributed by atoms with E-state index in [2.05, 4.69) is 99.8 Å². The van der Waals surface area contributed by atoms with Crippen molar-refractivity contribution < 1.29 is 23.2 Å². The molecule has 3 aliphatic rings. The molecule has 0 aliphatic heterocycles. The van der Waals surface area contributed by atoms with E-state index in [9.17, 15) is 9.59 Å². The van der Waals surface area contributed by atoms with Crippen molar-refractivity contribution in [3.05, 3.63) is 35.5 Å². The molecule has 0 aromatic heterocycles. The van der Waals surface area contributed by atoms with Gasteiger partial charge in [-0.05, 0) is 138 Å². The average molecular weight is 701 g/mol. The zero-order chi connectivity index (χ0) is 36.5. The van der Waals surface area contributed by atoms with Gasteiger partial charge in [-0.3, -0.25) is 9.59 Å². The lowest BCUT2D eigenvalue weighted by Crippen LogP contribution is -2.48. The van der Waals surface area contributed by atoms with Crippen LogP contribution in [0.4, 0.5) is 0 Å². The van der Waals surface area contributed by atoms with Crippen LogP contribution in [0.1, 0.15) is 128 Å². The Balaban J connectivity index is 1.83. The zero-order valence-electron chi connectivity index (χ0n) is 33.6. The molecule has 3 fully saturated rings. The number of allylic oxidation sites excluding steroid dienone is 5. The minimum atomic E-state index is -1.92. The molecule has 0 heterocycles. The SMILES string of the molecule is CCOC(=O)C(C)(C)C(=O)C=C[C@@H](C)[C@H]1CC[C@H]2C(=CC=C3C[C@@H](O[Si](C)(C)C(C)(C)C)C[C@H](O[Si](C)(C)C(C)(C)C)C3)CCC[C@]12C. The van der Waals surface area contributed by atoms with Crippen molar-refractivity contribution in [2.75, 3.05) is 6.61 Å². The molecule has 48 heavy (non-hydrogen) atoms. The fraction of sp³-hybridized carbons (Fsp3) is 0.805. The van der Waals surface area contributed by atoms with Crippen LogP contribution < -0.4 is 0 Å². The first kappa shape index (κ1) is 41.1. The van der Waals surface area contributed by atoms with E-state index >= 15 is 0 Å².